The first kappa shape index (κ1) is 19.4. The number of aromatic amines is 1. The van der Waals surface area contributed by atoms with Crippen LogP contribution in [0.1, 0.15) is 23.2 Å². The number of anilines is 2. The maximum atomic E-state index is 11.4. The number of H-pyrrole nitrogens is 1. The minimum absolute atomic E-state index is 0.0513. The molecule has 148 valence electrons. The molecule has 0 saturated carbocycles. The van der Waals surface area contributed by atoms with E-state index in [1.807, 2.05) is 0 Å². The first-order valence-electron chi connectivity index (χ1n) is 8.82. The highest BCUT2D eigenvalue weighted by atomic mass is 16.5. The number of rotatable bonds is 5. The Bertz CT molecular complexity index is 1030. The van der Waals surface area contributed by atoms with Gasteiger partial charge in [-0.3, -0.25) is 9.59 Å². The van der Waals surface area contributed by atoms with Crippen LogP contribution in [0.3, 0.4) is 0 Å². The molecule has 0 radical (unpaired) electrons. The molecule has 0 spiro atoms. The lowest BCUT2D eigenvalue weighted by Gasteiger charge is -2.15. The van der Waals surface area contributed by atoms with Crippen molar-refractivity contribution in [3.8, 4) is 5.75 Å². The Morgan fingerprint density at radius 2 is 2.11 bits per heavy atom. The number of methoxy groups -OCH3 is 1. The number of pyridine rings is 1. The maximum absolute atomic E-state index is 11.4. The normalized spacial score (nSPS) is 15.8. The number of benzene rings is 1. The van der Waals surface area contributed by atoms with Crippen molar-refractivity contribution < 1.29 is 14.3 Å². The number of amides is 1. The van der Waals surface area contributed by atoms with Crippen molar-refractivity contribution in [2.24, 2.45) is 5.73 Å². The highest BCUT2D eigenvalue weighted by Gasteiger charge is 2.21. The molecule has 1 amide bonds. The Hall–Kier alpha value is -3.40. The number of nitrogens with zero attached hydrogens (tertiary/aromatic N) is 2. The SMILES string of the molecule is CN.COc1cc2c(NCC3CCC(=O)N3)nc3nc(N)[nH]c3c2cc1C=O. The van der Waals surface area contributed by atoms with Crippen LogP contribution in [-0.2, 0) is 4.79 Å². The van der Waals surface area contributed by atoms with Crippen LogP contribution in [0.2, 0.25) is 0 Å². The van der Waals surface area contributed by atoms with Crippen LogP contribution in [0, 0.1) is 0 Å². The van der Waals surface area contributed by atoms with E-state index in [0.29, 0.717) is 41.3 Å². The molecule has 0 aliphatic carbocycles. The van der Waals surface area contributed by atoms with Gasteiger partial charge in [-0.25, -0.2) is 4.98 Å². The smallest absolute Gasteiger partial charge is 0.220 e. The van der Waals surface area contributed by atoms with Crippen molar-refractivity contribution in [3.05, 3.63) is 17.7 Å². The van der Waals surface area contributed by atoms with E-state index in [2.05, 4.69) is 31.3 Å². The summed E-state index contributed by atoms with van der Waals surface area (Å²) in [6, 6.07) is 3.54. The third-order valence-corrected chi connectivity index (χ3v) is 4.54. The Morgan fingerprint density at radius 3 is 2.75 bits per heavy atom. The second-order valence-corrected chi connectivity index (χ2v) is 6.22. The Balaban J connectivity index is 0.00000109. The van der Waals surface area contributed by atoms with Gasteiger partial charge in [-0.05, 0) is 25.6 Å². The molecule has 10 heteroatoms. The van der Waals surface area contributed by atoms with Gasteiger partial charge in [-0.1, -0.05) is 0 Å². The van der Waals surface area contributed by atoms with E-state index in [0.717, 1.165) is 23.5 Å². The summed E-state index contributed by atoms with van der Waals surface area (Å²) in [7, 11) is 3.01. The molecule has 1 aliphatic heterocycles. The zero-order valence-electron chi connectivity index (χ0n) is 15.7. The van der Waals surface area contributed by atoms with Crippen molar-refractivity contribution in [1.29, 1.82) is 0 Å². The molecule has 1 aliphatic rings. The van der Waals surface area contributed by atoms with Gasteiger partial charge in [0.25, 0.3) is 0 Å². The van der Waals surface area contributed by atoms with Gasteiger partial charge in [-0.2, -0.15) is 4.98 Å². The largest absolute Gasteiger partial charge is 0.496 e. The topological polar surface area (TPSA) is 161 Å². The standard InChI is InChI=1S/C17H18N6O3.CH5N/c1-26-12-5-11-10(4-8(12)7-24)14-16(23-17(18)21-14)22-15(11)19-6-9-2-3-13(25)20-9;1-2/h4-5,7,9H,2-3,6H2,1H3,(H,20,25)(H4,18,19,21,22,23);2H2,1H3. The molecule has 1 fully saturated rings. The number of nitrogens with one attached hydrogen (secondary N) is 3. The summed E-state index contributed by atoms with van der Waals surface area (Å²) < 4.78 is 5.31. The van der Waals surface area contributed by atoms with Crippen molar-refractivity contribution in [2.75, 3.05) is 31.8 Å². The fourth-order valence-electron chi connectivity index (χ4n) is 3.27. The van der Waals surface area contributed by atoms with Gasteiger partial charge in [0.2, 0.25) is 5.91 Å². The van der Waals surface area contributed by atoms with Gasteiger partial charge in [0.05, 0.1) is 18.2 Å². The molecule has 1 aromatic carbocycles. The summed E-state index contributed by atoms with van der Waals surface area (Å²) in [5.74, 6) is 1.36. The van der Waals surface area contributed by atoms with Crippen LogP contribution in [0.25, 0.3) is 21.9 Å². The number of nitrogen functional groups attached to an aromatic ring is 1. The lowest BCUT2D eigenvalue weighted by molar-refractivity contribution is -0.119. The summed E-state index contributed by atoms with van der Waals surface area (Å²) >= 11 is 0. The summed E-state index contributed by atoms with van der Waals surface area (Å²) in [4.78, 5) is 34.5. The van der Waals surface area contributed by atoms with Crippen LogP contribution in [0.4, 0.5) is 11.8 Å². The Labute approximate surface area is 161 Å². The number of nitrogens with two attached hydrogens (primary N) is 2. The molecule has 3 aromatic rings. The van der Waals surface area contributed by atoms with E-state index >= 15 is 0 Å². The fraction of sp³-hybridized carbons (Fsp3) is 0.333. The average Bonchev–Trinajstić information content (AvgIpc) is 3.30. The van der Waals surface area contributed by atoms with Crippen molar-refractivity contribution in [1.82, 2.24) is 20.3 Å². The van der Waals surface area contributed by atoms with Crippen LogP contribution < -0.4 is 26.8 Å². The zero-order valence-corrected chi connectivity index (χ0v) is 15.7. The third-order valence-electron chi connectivity index (χ3n) is 4.54. The molecular weight excluding hydrogens is 362 g/mol. The molecule has 4 rings (SSSR count). The highest BCUT2D eigenvalue weighted by molar-refractivity contribution is 6.10. The molecule has 2 aromatic heterocycles. The lowest BCUT2D eigenvalue weighted by Crippen LogP contribution is -2.32. The van der Waals surface area contributed by atoms with Crippen molar-refractivity contribution in [3.63, 3.8) is 0 Å². The van der Waals surface area contributed by atoms with E-state index in [1.165, 1.54) is 14.2 Å². The zero-order chi connectivity index (χ0) is 20.3. The fourth-order valence-corrected chi connectivity index (χ4v) is 3.27. The van der Waals surface area contributed by atoms with Gasteiger partial charge >= 0.3 is 0 Å². The van der Waals surface area contributed by atoms with Gasteiger partial charge in [-0.15, -0.1) is 0 Å². The summed E-state index contributed by atoms with van der Waals surface area (Å²) in [6.07, 6.45) is 2.05. The van der Waals surface area contributed by atoms with Crippen LogP contribution in [0.15, 0.2) is 12.1 Å². The molecule has 10 nitrogen and oxygen atoms in total. The number of hydrogen-bond acceptors (Lipinski definition) is 8. The minimum Gasteiger partial charge on any atom is -0.496 e. The average molecular weight is 385 g/mol. The van der Waals surface area contributed by atoms with Gasteiger partial charge in [0.15, 0.2) is 17.9 Å². The van der Waals surface area contributed by atoms with E-state index in [4.69, 9.17) is 10.5 Å². The van der Waals surface area contributed by atoms with Crippen molar-refractivity contribution >= 4 is 45.9 Å². The van der Waals surface area contributed by atoms with E-state index in [-0.39, 0.29) is 17.9 Å². The van der Waals surface area contributed by atoms with Crippen LogP contribution in [0.5, 0.6) is 5.75 Å². The number of imidazole rings is 1. The van der Waals surface area contributed by atoms with Gasteiger partial charge in [0, 0.05) is 29.8 Å². The molecule has 7 N–H and O–H groups in total. The first-order valence-corrected chi connectivity index (χ1v) is 8.82. The molecule has 28 heavy (non-hydrogen) atoms. The van der Waals surface area contributed by atoms with Gasteiger partial charge < -0.3 is 31.8 Å². The van der Waals surface area contributed by atoms with Crippen LogP contribution in [-0.4, -0.2) is 53.9 Å². The maximum Gasteiger partial charge on any atom is 0.220 e. The number of aromatic nitrogens is 3. The number of hydrogen-bond donors (Lipinski definition) is 5. The number of fused-ring (bicyclic) bond motifs is 3. The Kier molecular flexibility index (Phi) is 5.59. The van der Waals surface area contributed by atoms with E-state index < -0.39 is 0 Å². The number of aldehydes is 1. The molecular formula is C18H23N7O3. The second-order valence-electron chi connectivity index (χ2n) is 6.22. The molecule has 1 saturated heterocycles. The quantitative estimate of drug-likeness (QED) is 0.403. The first-order chi connectivity index (χ1) is 13.6. The van der Waals surface area contributed by atoms with Crippen LogP contribution >= 0.6 is 0 Å². The third kappa shape index (κ3) is 3.54. The van der Waals surface area contributed by atoms with Gasteiger partial charge in [0.1, 0.15) is 11.6 Å². The van der Waals surface area contributed by atoms with E-state index in [9.17, 15) is 9.59 Å². The van der Waals surface area contributed by atoms with E-state index in [1.54, 1.807) is 12.1 Å². The predicted molar refractivity (Wildman–Crippen MR) is 108 cm³/mol. The summed E-state index contributed by atoms with van der Waals surface area (Å²) in [5.41, 5.74) is 11.8. The highest BCUT2D eigenvalue weighted by Crippen LogP contribution is 2.33. The Morgan fingerprint density at radius 1 is 1.32 bits per heavy atom. The lowest BCUT2D eigenvalue weighted by atomic mass is 10.1. The summed E-state index contributed by atoms with van der Waals surface area (Å²) in [5, 5.41) is 7.72. The van der Waals surface area contributed by atoms with Crippen molar-refractivity contribution in [2.45, 2.75) is 18.9 Å². The predicted octanol–water partition coefficient (Wildman–Crippen LogP) is 0.780. The molecule has 0 bridgehead atoms. The second kappa shape index (κ2) is 8.09. The monoisotopic (exact) mass is 385 g/mol. The minimum atomic E-state index is 0.0513. The number of carbonyl (C=O) groups excluding carboxylic acids is 2. The number of carbonyl (C=O) groups is 2. The molecule has 3 heterocycles. The molecule has 1 atom stereocenters. The molecule has 1 unspecified atom stereocenters. The number of ether oxygens (including phenoxy) is 1. The summed E-state index contributed by atoms with van der Waals surface area (Å²) in [6.45, 7) is 0.539.